The number of esters is 2. The van der Waals surface area contributed by atoms with E-state index in [-0.39, 0.29) is 37.8 Å². The molecule has 8 nitrogen and oxygen atoms in total. The van der Waals surface area contributed by atoms with Gasteiger partial charge in [-0.15, -0.1) is 0 Å². The van der Waals surface area contributed by atoms with E-state index in [1.807, 2.05) is 12.1 Å². The van der Waals surface area contributed by atoms with Crippen molar-refractivity contribution in [2.75, 3.05) is 26.4 Å². The fraction of sp³-hybridized carbons (Fsp3) is 0.222. The maximum Gasteiger partial charge on any atom is 0.357 e. The minimum absolute atomic E-state index is 0.0773. The first-order valence-corrected chi connectivity index (χ1v) is 7.90. The number of nitrogens with zero attached hydrogens (tertiary/aromatic N) is 2. The molecule has 0 radical (unpaired) electrons. The molecule has 0 saturated carbocycles. The van der Waals surface area contributed by atoms with Crippen LogP contribution in [0.1, 0.15) is 21.0 Å². The van der Waals surface area contributed by atoms with Crippen LogP contribution in [0, 0.1) is 0 Å². The highest BCUT2D eigenvalue weighted by molar-refractivity contribution is 6.05. The molecule has 26 heavy (non-hydrogen) atoms. The van der Waals surface area contributed by atoms with E-state index in [0.717, 1.165) is 10.8 Å². The largest absolute Gasteiger partial charge is 0.459 e. The van der Waals surface area contributed by atoms with Crippen LogP contribution in [0.4, 0.5) is 0 Å². The Balaban J connectivity index is 2.06. The monoisotopic (exact) mass is 356 g/mol. The minimum atomic E-state index is -0.656. The topological polar surface area (TPSA) is 119 Å². The van der Waals surface area contributed by atoms with E-state index in [2.05, 4.69) is 9.97 Å². The Hall–Kier alpha value is -3.10. The number of aliphatic hydroxyl groups is 2. The van der Waals surface area contributed by atoms with Crippen LogP contribution in [0.15, 0.2) is 36.4 Å². The van der Waals surface area contributed by atoms with Gasteiger partial charge in [0.05, 0.1) is 24.2 Å². The molecule has 0 saturated heterocycles. The van der Waals surface area contributed by atoms with Gasteiger partial charge in [0.2, 0.25) is 0 Å². The van der Waals surface area contributed by atoms with Gasteiger partial charge < -0.3 is 19.7 Å². The molecular formula is C18H16N2O6. The number of carbonyl (C=O) groups excluding carboxylic acids is 2. The fourth-order valence-electron chi connectivity index (χ4n) is 2.42. The highest BCUT2D eigenvalue weighted by Gasteiger charge is 2.14. The molecular weight excluding hydrogens is 340 g/mol. The summed E-state index contributed by atoms with van der Waals surface area (Å²) in [6.07, 6.45) is 0. The summed E-state index contributed by atoms with van der Waals surface area (Å²) in [7, 11) is 0. The van der Waals surface area contributed by atoms with Crippen molar-refractivity contribution in [1.82, 2.24) is 9.97 Å². The number of carbonyl (C=O) groups is 2. The molecule has 1 aromatic carbocycles. The van der Waals surface area contributed by atoms with E-state index in [4.69, 9.17) is 19.7 Å². The van der Waals surface area contributed by atoms with E-state index in [0.29, 0.717) is 11.0 Å². The van der Waals surface area contributed by atoms with Crippen LogP contribution in [-0.2, 0) is 9.47 Å². The highest BCUT2D eigenvalue weighted by Crippen LogP contribution is 2.23. The van der Waals surface area contributed by atoms with Crippen molar-refractivity contribution in [3.05, 3.63) is 47.8 Å². The van der Waals surface area contributed by atoms with Crippen LogP contribution in [0.5, 0.6) is 0 Å². The second kappa shape index (κ2) is 7.85. The SMILES string of the molecule is O=C(OCCO)c1ccc2ccc3ccc(C(=O)OCCO)nc3c2n1. The third kappa shape index (κ3) is 3.61. The average molecular weight is 356 g/mol. The van der Waals surface area contributed by atoms with Crippen molar-refractivity contribution < 1.29 is 29.3 Å². The predicted molar refractivity (Wildman–Crippen MR) is 91.8 cm³/mol. The van der Waals surface area contributed by atoms with Crippen LogP contribution < -0.4 is 0 Å². The Morgan fingerprint density at radius 1 is 0.731 bits per heavy atom. The summed E-state index contributed by atoms with van der Waals surface area (Å²) in [5, 5.41) is 19.0. The summed E-state index contributed by atoms with van der Waals surface area (Å²) < 4.78 is 9.75. The van der Waals surface area contributed by atoms with Crippen LogP contribution in [0.3, 0.4) is 0 Å². The van der Waals surface area contributed by atoms with Gasteiger partial charge in [-0.25, -0.2) is 19.6 Å². The molecule has 0 aliphatic carbocycles. The minimum Gasteiger partial charge on any atom is -0.459 e. The second-order valence-corrected chi connectivity index (χ2v) is 5.32. The van der Waals surface area contributed by atoms with E-state index < -0.39 is 11.9 Å². The first-order valence-electron chi connectivity index (χ1n) is 7.90. The van der Waals surface area contributed by atoms with E-state index in [1.165, 1.54) is 12.1 Å². The lowest BCUT2D eigenvalue weighted by Gasteiger charge is -2.07. The van der Waals surface area contributed by atoms with Gasteiger partial charge in [0, 0.05) is 10.8 Å². The summed E-state index contributed by atoms with van der Waals surface area (Å²) in [5.41, 5.74) is 1.04. The van der Waals surface area contributed by atoms with Crippen LogP contribution in [-0.4, -0.2) is 58.5 Å². The molecule has 3 aromatic rings. The highest BCUT2D eigenvalue weighted by atomic mass is 16.5. The van der Waals surface area contributed by atoms with Crippen molar-refractivity contribution in [1.29, 1.82) is 0 Å². The first kappa shape index (κ1) is 17.7. The third-order valence-corrected chi connectivity index (χ3v) is 3.59. The van der Waals surface area contributed by atoms with Crippen LogP contribution >= 0.6 is 0 Å². The van der Waals surface area contributed by atoms with E-state index in [9.17, 15) is 9.59 Å². The van der Waals surface area contributed by atoms with Crippen LogP contribution in [0.2, 0.25) is 0 Å². The number of rotatable bonds is 6. The van der Waals surface area contributed by atoms with Gasteiger partial charge in [-0.2, -0.15) is 0 Å². The Bertz CT molecular complexity index is 894. The number of aromatic nitrogens is 2. The Morgan fingerprint density at radius 3 is 1.50 bits per heavy atom. The lowest BCUT2D eigenvalue weighted by Crippen LogP contribution is -2.11. The summed E-state index contributed by atoms with van der Waals surface area (Å²) in [4.78, 5) is 32.5. The van der Waals surface area contributed by atoms with Crippen molar-refractivity contribution in [2.24, 2.45) is 0 Å². The molecule has 0 atom stereocenters. The Kier molecular flexibility index (Phi) is 5.35. The summed E-state index contributed by atoms with van der Waals surface area (Å²) in [5.74, 6) is -1.31. The molecule has 0 unspecified atom stereocenters. The molecule has 0 spiro atoms. The molecule has 3 rings (SSSR count). The maximum absolute atomic E-state index is 12.0. The standard InChI is InChI=1S/C18H16N2O6/c21-7-9-25-17(23)13-5-3-11-1-2-12-4-6-14(18(24)26-10-8-22)20-16(12)15(11)19-13/h1-6,21-22H,7-10H2. The molecule has 134 valence electrons. The molecule has 2 heterocycles. The molecule has 8 heteroatoms. The summed E-state index contributed by atoms with van der Waals surface area (Å²) in [6, 6.07) is 10.1. The van der Waals surface area contributed by atoms with Gasteiger partial charge in [0.1, 0.15) is 24.6 Å². The van der Waals surface area contributed by atoms with Crippen molar-refractivity contribution in [2.45, 2.75) is 0 Å². The molecule has 2 N–H and O–H groups in total. The van der Waals surface area contributed by atoms with E-state index in [1.54, 1.807) is 12.1 Å². The van der Waals surface area contributed by atoms with Crippen LogP contribution in [0.25, 0.3) is 21.8 Å². The van der Waals surface area contributed by atoms with Gasteiger partial charge in [-0.05, 0) is 12.1 Å². The van der Waals surface area contributed by atoms with Gasteiger partial charge in [-0.1, -0.05) is 24.3 Å². The zero-order valence-corrected chi connectivity index (χ0v) is 13.7. The third-order valence-electron chi connectivity index (χ3n) is 3.59. The zero-order chi connectivity index (χ0) is 18.5. The smallest absolute Gasteiger partial charge is 0.357 e. The van der Waals surface area contributed by atoms with Gasteiger partial charge in [0.25, 0.3) is 0 Å². The van der Waals surface area contributed by atoms with Gasteiger partial charge in [0.15, 0.2) is 0 Å². The number of hydrogen-bond donors (Lipinski definition) is 2. The van der Waals surface area contributed by atoms with Crippen molar-refractivity contribution in [3.8, 4) is 0 Å². The average Bonchev–Trinajstić information content (AvgIpc) is 2.69. The molecule has 0 fully saturated rings. The molecule has 2 aromatic heterocycles. The number of hydrogen-bond acceptors (Lipinski definition) is 8. The lowest BCUT2D eigenvalue weighted by atomic mass is 10.1. The lowest BCUT2D eigenvalue weighted by molar-refractivity contribution is 0.0420. The summed E-state index contributed by atoms with van der Waals surface area (Å²) >= 11 is 0. The Labute approximate surface area is 148 Å². The number of pyridine rings is 2. The molecule has 0 aliphatic heterocycles. The molecule has 0 amide bonds. The second-order valence-electron chi connectivity index (χ2n) is 5.32. The number of ether oxygens (including phenoxy) is 2. The zero-order valence-electron chi connectivity index (χ0n) is 13.7. The quantitative estimate of drug-likeness (QED) is 0.497. The maximum atomic E-state index is 12.0. The number of fused-ring (bicyclic) bond motifs is 3. The molecule has 0 aliphatic rings. The predicted octanol–water partition coefficient (Wildman–Crippen LogP) is 1.08. The fourth-order valence-corrected chi connectivity index (χ4v) is 2.42. The number of benzene rings is 1. The Morgan fingerprint density at radius 2 is 1.12 bits per heavy atom. The first-order chi connectivity index (χ1) is 12.6. The number of aliphatic hydroxyl groups excluding tert-OH is 2. The summed E-state index contributed by atoms with van der Waals surface area (Å²) in [6.45, 7) is -0.785. The van der Waals surface area contributed by atoms with Gasteiger partial charge >= 0.3 is 11.9 Å². The van der Waals surface area contributed by atoms with E-state index >= 15 is 0 Å². The van der Waals surface area contributed by atoms with Crippen molar-refractivity contribution >= 4 is 33.7 Å². The normalized spacial score (nSPS) is 10.8. The van der Waals surface area contributed by atoms with Gasteiger partial charge in [-0.3, -0.25) is 0 Å². The van der Waals surface area contributed by atoms with Crippen molar-refractivity contribution in [3.63, 3.8) is 0 Å². The molecule has 0 bridgehead atoms.